The highest BCUT2D eigenvalue weighted by Gasteiger charge is 2.25. The van der Waals surface area contributed by atoms with Crippen LogP contribution in [0.5, 0.6) is 0 Å². The van der Waals surface area contributed by atoms with Crippen molar-refractivity contribution in [3.8, 4) is 0 Å². The minimum atomic E-state index is 0.0613. The zero-order valence-electron chi connectivity index (χ0n) is 12.8. The molecule has 2 rings (SSSR count). The molecule has 1 aliphatic heterocycles. The van der Waals surface area contributed by atoms with Crippen molar-refractivity contribution in [2.24, 2.45) is 5.92 Å². The fraction of sp³-hybridized carbons (Fsp3) is 0.667. The Morgan fingerprint density at radius 1 is 1.35 bits per heavy atom. The van der Waals surface area contributed by atoms with Crippen molar-refractivity contribution in [3.63, 3.8) is 0 Å². The van der Waals surface area contributed by atoms with Gasteiger partial charge in [0.25, 0.3) is 0 Å². The van der Waals surface area contributed by atoms with E-state index < -0.39 is 0 Å². The quantitative estimate of drug-likeness (QED) is 0.919. The van der Waals surface area contributed by atoms with E-state index in [1.54, 1.807) is 0 Å². The van der Waals surface area contributed by atoms with Crippen molar-refractivity contribution >= 4 is 11.9 Å². The van der Waals surface area contributed by atoms with Gasteiger partial charge in [-0.05, 0) is 32.8 Å². The van der Waals surface area contributed by atoms with Crippen molar-refractivity contribution in [2.75, 3.05) is 18.4 Å². The third-order valence-corrected chi connectivity index (χ3v) is 3.54. The Kier molecular flexibility index (Phi) is 4.57. The van der Waals surface area contributed by atoms with Gasteiger partial charge in [-0.1, -0.05) is 13.8 Å². The first-order valence-corrected chi connectivity index (χ1v) is 7.33. The molecule has 0 bridgehead atoms. The van der Waals surface area contributed by atoms with Gasteiger partial charge in [0, 0.05) is 36.4 Å². The molecule has 5 heteroatoms. The third kappa shape index (κ3) is 3.68. The standard InChI is InChI=1S/C15H24N4O/c1-10(2)14(20)19-7-5-6-13(9-19)18-15-16-11(3)8-12(4)17-15/h8,10,13H,5-7,9H2,1-4H3,(H,16,17,18)/t13-/m0/s1. The normalized spacial score (nSPS) is 19.2. The average molecular weight is 276 g/mol. The maximum absolute atomic E-state index is 12.1. The van der Waals surface area contributed by atoms with E-state index in [0.717, 1.165) is 37.3 Å². The Morgan fingerprint density at radius 2 is 2.00 bits per heavy atom. The molecular formula is C15H24N4O. The molecule has 0 unspecified atom stereocenters. The molecule has 1 aromatic heterocycles. The van der Waals surface area contributed by atoms with Gasteiger partial charge >= 0.3 is 0 Å². The number of likely N-dealkylation sites (tertiary alicyclic amines) is 1. The Morgan fingerprint density at radius 3 is 2.60 bits per heavy atom. The van der Waals surface area contributed by atoms with Crippen LogP contribution in [-0.4, -0.2) is 39.9 Å². The van der Waals surface area contributed by atoms with Crippen LogP contribution in [0.1, 0.15) is 38.1 Å². The zero-order chi connectivity index (χ0) is 14.7. The average Bonchev–Trinajstić information content (AvgIpc) is 2.36. The van der Waals surface area contributed by atoms with Crippen LogP contribution >= 0.6 is 0 Å². The molecule has 110 valence electrons. The Labute approximate surface area is 120 Å². The first-order valence-electron chi connectivity index (χ1n) is 7.33. The van der Waals surface area contributed by atoms with E-state index in [2.05, 4.69) is 15.3 Å². The number of aromatic nitrogens is 2. The van der Waals surface area contributed by atoms with Gasteiger partial charge < -0.3 is 10.2 Å². The number of amides is 1. The summed E-state index contributed by atoms with van der Waals surface area (Å²) in [5.74, 6) is 0.968. The molecule has 2 heterocycles. The SMILES string of the molecule is Cc1cc(C)nc(N[C@H]2CCCN(C(=O)C(C)C)C2)n1. The Balaban J connectivity index is 2.00. The lowest BCUT2D eigenvalue weighted by molar-refractivity contribution is -0.135. The van der Waals surface area contributed by atoms with E-state index in [4.69, 9.17) is 0 Å². The maximum atomic E-state index is 12.1. The second kappa shape index (κ2) is 6.20. The second-order valence-electron chi connectivity index (χ2n) is 5.90. The van der Waals surface area contributed by atoms with Gasteiger partial charge in [-0.2, -0.15) is 0 Å². The summed E-state index contributed by atoms with van der Waals surface area (Å²) in [6, 6.07) is 2.20. The summed E-state index contributed by atoms with van der Waals surface area (Å²) in [5, 5.41) is 3.37. The van der Waals surface area contributed by atoms with Gasteiger partial charge in [-0.15, -0.1) is 0 Å². The van der Waals surface area contributed by atoms with Crippen LogP contribution in [0.25, 0.3) is 0 Å². The van der Waals surface area contributed by atoms with Crippen molar-refractivity contribution in [1.82, 2.24) is 14.9 Å². The van der Waals surface area contributed by atoms with E-state index in [-0.39, 0.29) is 17.9 Å². The minimum Gasteiger partial charge on any atom is -0.350 e. The molecular weight excluding hydrogens is 252 g/mol. The lowest BCUT2D eigenvalue weighted by Gasteiger charge is -2.34. The molecule has 20 heavy (non-hydrogen) atoms. The summed E-state index contributed by atoms with van der Waals surface area (Å²) in [6.07, 6.45) is 2.08. The number of carbonyl (C=O) groups excluding carboxylic acids is 1. The van der Waals surface area contributed by atoms with Crippen LogP contribution < -0.4 is 5.32 Å². The molecule has 1 saturated heterocycles. The van der Waals surface area contributed by atoms with Crippen LogP contribution in [0.3, 0.4) is 0 Å². The maximum Gasteiger partial charge on any atom is 0.225 e. The molecule has 0 saturated carbocycles. The van der Waals surface area contributed by atoms with Crippen molar-refractivity contribution < 1.29 is 4.79 Å². The van der Waals surface area contributed by atoms with Crippen molar-refractivity contribution in [3.05, 3.63) is 17.5 Å². The van der Waals surface area contributed by atoms with Crippen LogP contribution in [0.2, 0.25) is 0 Å². The summed E-state index contributed by atoms with van der Waals surface area (Å²) >= 11 is 0. The molecule has 0 aromatic carbocycles. The lowest BCUT2D eigenvalue weighted by Crippen LogP contribution is -2.46. The highest BCUT2D eigenvalue weighted by molar-refractivity contribution is 5.78. The van der Waals surface area contributed by atoms with E-state index >= 15 is 0 Å². The first kappa shape index (κ1) is 14.8. The zero-order valence-corrected chi connectivity index (χ0v) is 12.8. The van der Waals surface area contributed by atoms with Gasteiger partial charge in [-0.3, -0.25) is 4.79 Å². The first-order chi connectivity index (χ1) is 9.45. The van der Waals surface area contributed by atoms with Gasteiger partial charge in [0.15, 0.2) is 0 Å². The fourth-order valence-corrected chi connectivity index (χ4v) is 2.63. The predicted octanol–water partition coefficient (Wildman–Crippen LogP) is 2.15. The number of carbonyl (C=O) groups is 1. The Bertz CT molecular complexity index is 467. The molecule has 0 radical (unpaired) electrons. The summed E-state index contributed by atoms with van der Waals surface area (Å²) in [7, 11) is 0. The molecule has 1 atom stereocenters. The van der Waals surface area contributed by atoms with Crippen LogP contribution in [0.4, 0.5) is 5.95 Å². The Hall–Kier alpha value is -1.65. The number of rotatable bonds is 3. The number of aryl methyl sites for hydroxylation is 2. The fourth-order valence-electron chi connectivity index (χ4n) is 2.63. The van der Waals surface area contributed by atoms with Crippen LogP contribution in [0, 0.1) is 19.8 Å². The molecule has 5 nitrogen and oxygen atoms in total. The summed E-state index contributed by atoms with van der Waals surface area (Å²) in [5.41, 5.74) is 1.93. The van der Waals surface area contributed by atoms with Gasteiger partial charge in [0.2, 0.25) is 11.9 Å². The highest BCUT2D eigenvalue weighted by Crippen LogP contribution is 2.16. The summed E-state index contributed by atoms with van der Waals surface area (Å²) in [6.45, 7) is 9.44. The number of hydrogen-bond donors (Lipinski definition) is 1. The van der Waals surface area contributed by atoms with E-state index in [9.17, 15) is 4.79 Å². The highest BCUT2D eigenvalue weighted by atomic mass is 16.2. The summed E-state index contributed by atoms with van der Waals surface area (Å²) < 4.78 is 0. The van der Waals surface area contributed by atoms with E-state index in [1.807, 2.05) is 38.7 Å². The lowest BCUT2D eigenvalue weighted by atomic mass is 10.0. The van der Waals surface area contributed by atoms with Crippen LogP contribution in [-0.2, 0) is 4.79 Å². The molecule has 0 aliphatic carbocycles. The van der Waals surface area contributed by atoms with Gasteiger partial charge in [-0.25, -0.2) is 9.97 Å². The van der Waals surface area contributed by atoms with Crippen molar-refractivity contribution in [1.29, 1.82) is 0 Å². The molecule has 1 aliphatic rings. The third-order valence-electron chi connectivity index (χ3n) is 3.54. The molecule has 1 N–H and O–H groups in total. The second-order valence-corrected chi connectivity index (χ2v) is 5.90. The predicted molar refractivity (Wildman–Crippen MR) is 79.6 cm³/mol. The van der Waals surface area contributed by atoms with E-state index in [1.165, 1.54) is 0 Å². The van der Waals surface area contributed by atoms with E-state index in [0.29, 0.717) is 5.95 Å². The molecule has 1 aromatic rings. The van der Waals surface area contributed by atoms with Crippen LogP contribution in [0.15, 0.2) is 6.07 Å². The van der Waals surface area contributed by atoms with Gasteiger partial charge in [0.05, 0.1) is 0 Å². The molecule has 1 fully saturated rings. The number of hydrogen-bond acceptors (Lipinski definition) is 4. The van der Waals surface area contributed by atoms with Crippen molar-refractivity contribution in [2.45, 2.75) is 46.6 Å². The molecule has 0 spiro atoms. The number of nitrogens with one attached hydrogen (secondary N) is 1. The van der Waals surface area contributed by atoms with Gasteiger partial charge in [0.1, 0.15) is 0 Å². The molecule has 1 amide bonds. The number of anilines is 1. The summed E-state index contributed by atoms with van der Waals surface area (Å²) in [4.78, 5) is 22.8. The topological polar surface area (TPSA) is 58.1 Å². The number of piperidine rings is 1. The number of nitrogens with zero attached hydrogens (tertiary/aromatic N) is 3. The largest absolute Gasteiger partial charge is 0.350 e. The monoisotopic (exact) mass is 276 g/mol. The minimum absolute atomic E-state index is 0.0613. The smallest absolute Gasteiger partial charge is 0.225 e.